The maximum atomic E-state index is 12.3. The number of carbonyl (C=O) groups is 1. The van der Waals surface area contributed by atoms with Crippen LogP contribution in [-0.2, 0) is 4.79 Å². The second-order valence-corrected chi connectivity index (χ2v) is 6.06. The first kappa shape index (κ1) is 16.0. The van der Waals surface area contributed by atoms with Crippen molar-refractivity contribution in [3.63, 3.8) is 0 Å². The van der Waals surface area contributed by atoms with E-state index in [4.69, 9.17) is 0 Å². The molecule has 122 valence electrons. The molecular formula is C20H21N3O. The molecule has 0 saturated carbocycles. The molecule has 0 bridgehead atoms. The number of aryl methyl sites for hydroxylation is 3. The Kier molecular flexibility index (Phi) is 4.47. The molecule has 0 saturated heterocycles. The number of aromatic nitrogens is 1. The predicted octanol–water partition coefficient (Wildman–Crippen LogP) is 4.21. The zero-order chi connectivity index (χ0) is 17.1. The van der Waals surface area contributed by atoms with E-state index in [2.05, 4.69) is 48.5 Å². The summed E-state index contributed by atoms with van der Waals surface area (Å²) in [6, 6.07) is 13.9. The van der Waals surface area contributed by atoms with Crippen LogP contribution < -0.4 is 10.6 Å². The van der Waals surface area contributed by atoms with Crippen LogP contribution in [0.25, 0.3) is 10.9 Å². The second-order valence-electron chi connectivity index (χ2n) is 6.06. The number of para-hydroxylation sites is 1. The average Bonchev–Trinajstić information content (AvgIpc) is 2.54. The summed E-state index contributed by atoms with van der Waals surface area (Å²) in [5.74, 6) is -0.0903. The summed E-state index contributed by atoms with van der Waals surface area (Å²) in [4.78, 5) is 16.7. The van der Waals surface area contributed by atoms with E-state index in [-0.39, 0.29) is 12.5 Å². The van der Waals surface area contributed by atoms with Crippen molar-refractivity contribution in [3.05, 3.63) is 65.4 Å². The van der Waals surface area contributed by atoms with E-state index in [9.17, 15) is 4.79 Å². The quantitative estimate of drug-likeness (QED) is 0.757. The van der Waals surface area contributed by atoms with Gasteiger partial charge in [0.05, 0.1) is 17.7 Å². The number of rotatable bonds is 4. The minimum Gasteiger partial charge on any atom is -0.376 e. The van der Waals surface area contributed by atoms with Gasteiger partial charge in [-0.2, -0.15) is 0 Å². The number of hydrogen-bond donors (Lipinski definition) is 2. The van der Waals surface area contributed by atoms with Crippen molar-refractivity contribution in [3.8, 4) is 0 Å². The summed E-state index contributed by atoms with van der Waals surface area (Å²) in [6.45, 7) is 6.39. The van der Waals surface area contributed by atoms with Crippen molar-refractivity contribution >= 4 is 28.2 Å². The number of carbonyl (C=O) groups excluding carboxylic acids is 1. The topological polar surface area (TPSA) is 54.0 Å². The molecule has 0 fully saturated rings. The summed E-state index contributed by atoms with van der Waals surface area (Å²) in [7, 11) is 0. The van der Waals surface area contributed by atoms with Gasteiger partial charge in [-0.15, -0.1) is 0 Å². The number of fused-ring (bicyclic) bond motifs is 1. The molecule has 0 atom stereocenters. The number of anilines is 2. The van der Waals surface area contributed by atoms with E-state index in [1.165, 1.54) is 5.56 Å². The van der Waals surface area contributed by atoms with Gasteiger partial charge in [-0.3, -0.25) is 9.78 Å². The van der Waals surface area contributed by atoms with E-state index >= 15 is 0 Å². The van der Waals surface area contributed by atoms with Gasteiger partial charge in [0.1, 0.15) is 0 Å². The highest BCUT2D eigenvalue weighted by atomic mass is 16.1. The third-order valence-corrected chi connectivity index (χ3v) is 4.01. The molecule has 0 unspecified atom stereocenters. The first-order valence-corrected chi connectivity index (χ1v) is 8.00. The smallest absolute Gasteiger partial charge is 0.243 e. The Bertz CT molecular complexity index is 874. The predicted molar refractivity (Wildman–Crippen MR) is 99.5 cm³/mol. The van der Waals surface area contributed by atoms with Crippen LogP contribution in [0.15, 0.2) is 48.7 Å². The van der Waals surface area contributed by atoms with Crippen molar-refractivity contribution < 1.29 is 4.79 Å². The van der Waals surface area contributed by atoms with Gasteiger partial charge in [-0.1, -0.05) is 35.9 Å². The van der Waals surface area contributed by atoms with Gasteiger partial charge in [0, 0.05) is 17.3 Å². The van der Waals surface area contributed by atoms with E-state index in [1.807, 2.05) is 30.3 Å². The van der Waals surface area contributed by atoms with Crippen LogP contribution in [0, 0.1) is 20.8 Å². The number of hydrogen-bond acceptors (Lipinski definition) is 3. The number of amides is 1. The first-order valence-electron chi connectivity index (χ1n) is 8.00. The lowest BCUT2D eigenvalue weighted by Gasteiger charge is -2.14. The van der Waals surface area contributed by atoms with Gasteiger partial charge in [0.2, 0.25) is 5.91 Å². The first-order chi connectivity index (χ1) is 11.5. The molecule has 0 aliphatic heterocycles. The van der Waals surface area contributed by atoms with Crippen LogP contribution in [0.3, 0.4) is 0 Å². The number of pyridine rings is 1. The normalized spacial score (nSPS) is 10.6. The third kappa shape index (κ3) is 3.38. The van der Waals surface area contributed by atoms with Crippen LogP contribution in [0.4, 0.5) is 11.4 Å². The number of nitrogens with zero attached hydrogens (tertiary/aromatic N) is 1. The zero-order valence-electron chi connectivity index (χ0n) is 14.2. The van der Waals surface area contributed by atoms with Gasteiger partial charge in [-0.05, 0) is 44.0 Å². The molecule has 4 heteroatoms. The minimum atomic E-state index is -0.0903. The van der Waals surface area contributed by atoms with Crippen LogP contribution in [0.1, 0.15) is 16.7 Å². The molecule has 3 aromatic rings. The minimum absolute atomic E-state index is 0.0903. The van der Waals surface area contributed by atoms with Gasteiger partial charge in [0.15, 0.2) is 0 Å². The van der Waals surface area contributed by atoms with Crippen molar-refractivity contribution in [1.82, 2.24) is 4.98 Å². The summed E-state index contributed by atoms with van der Waals surface area (Å²) in [5, 5.41) is 7.19. The molecule has 24 heavy (non-hydrogen) atoms. The van der Waals surface area contributed by atoms with Crippen LogP contribution >= 0.6 is 0 Å². The molecule has 1 heterocycles. The second kappa shape index (κ2) is 6.71. The van der Waals surface area contributed by atoms with Gasteiger partial charge < -0.3 is 10.6 Å². The molecule has 3 rings (SSSR count). The lowest BCUT2D eigenvalue weighted by molar-refractivity contribution is -0.114. The lowest BCUT2D eigenvalue weighted by Crippen LogP contribution is -2.22. The molecule has 0 aliphatic rings. The number of benzene rings is 2. The zero-order valence-corrected chi connectivity index (χ0v) is 14.2. The van der Waals surface area contributed by atoms with Gasteiger partial charge in [0.25, 0.3) is 0 Å². The molecule has 0 aliphatic carbocycles. The Hall–Kier alpha value is -2.88. The average molecular weight is 319 g/mol. The molecule has 2 aromatic carbocycles. The summed E-state index contributed by atoms with van der Waals surface area (Å²) in [6.07, 6.45) is 1.73. The van der Waals surface area contributed by atoms with E-state index in [0.29, 0.717) is 0 Å². The van der Waals surface area contributed by atoms with Crippen molar-refractivity contribution in [2.24, 2.45) is 0 Å². The Labute approximate surface area is 141 Å². The highest BCUT2D eigenvalue weighted by Gasteiger charge is 2.09. The van der Waals surface area contributed by atoms with Gasteiger partial charge in [-0.25, -0.2) is 0 Å². The third-order valence-electron chi connectivity index (χ3n) is 4.01. The molecule has 2 N–H and O–H groups in total. The molecule has 0 spiro atoms. The largest absolute Gasteiger partial charge is 0.376 e. The lowest BCUT2D eigenvalue weighted by atomic mass is 10.1. The Balaban J connectivity index is 1.72. The fraction of sp³-hybridized carbons (Fsp3) is 0.200. The summed E-state index contributed by atoms with van der Waals surface area (Å²) < 4.78 is 0. The Morgan fingerprint density at radius 1 is 1.04 bits per heavy atom. The van der Waals surface area contributed by atoms with Crippen molar-refractivity contribution in [2.45, 2.75) is 20.8 Å². The van der Waals surface area contributed by atoms with Crippen molar-refractivity contribution in [2.75, 3.05) is 17.2 Å². The molecule has 0 radical (unpaired) electrons. The van der Waals surface area contributed by atoms with Crippen LogP contribution in [0.2, 0.25) is 0 Å². The summed E-state index contributed by atoms with van der Waals surface area (Å²) in [5.41, 5.74) is 6.07. The maximum Gasteiger partial charge on any atom is 0.243 e. The number of nitrogens with one attached hydrogen (secondary N) is 2. The van der Waals surface area contributed by atoms with E-state index < -0.39 is 0 Å². The van der Waals surface area contributed by atoms with Gasteiger partial charge >= 0.3 is 0 Å². The van der Waals surface area contributed by atoms with Crippen molar-refractivity contribution in [1.29, 1.82) is 0 Å². The SMILES string of the molecule is Cc1cc(C)c(NCC(=O)Nc2cccc3cccnc23)c(C)c1. The fourth-order valence-corrected chi connectivity index (χ4v) is 3.03. The Morgan fingerprint density at radius 2 is 1.75 bits per heavy atom. The van der Waals surface area contributed by atoms with E-state index in [0.717, 1.165) is 33.4 Å². The highest BCUT2D eigenvalue weighted by molar-refractivity contribution is 6.01. The molecular weight excluding hydrogens is 298 g/mol. The van der Waals surface area contributed by atoms with Crippen LogP contribution in [-0.4, -0.2) is 17.4 Å². The Morgan fingerprint density at radius 3 is 2.50 bits per heavy atom. The van der Waals surface area contributed by atoms with E-state index in [1.54, 1.807) is 6.20 Å². The maximum absolute atomic E-state index is 12.3. The highest BCUT2D eigenvalue weighted by Crippen LogP contribution is 2.22. The standard InChI is InChI=1S/C20H21N3O/c1-13-10-14(2)19(15(3)11-13)22-12-18(24)23-17-8-4-6-16-7-5-9-21-20(16)17/h4-11,22H,12H2,1-3H3,(H,23,24). The molecule has 4 nitrogen and oxygen atoms in total. The summed E-state index contributed by atoms with van der Waals surface area (Å²) >= 11 is 0. The fourth-order valence-electron chi connectivity index (χ4n) is 3.03. The molecule has 1 amide bonds. The monoisotopic (exact) mass is 319 g/mol. The van der Waals surface area contributed by atoms with Crippen LogP contribution in [0.5, 0.6) is 0 Å². The molecule has 1 aromatic heterocycles.